The summed E-state index contributed by atoms with van der Waals surface area (Å²) in [4.78, 5) is 41.3. The maximum Gasteiger partial charge on any atom is 0.288 e. The van der Waals surface area contributed by atoms with Gasteiger partial charge in [0.05, 0.1) is 23.7 Å². The van der Waals surface area contributed by atoms with E-state index in [1.165, 1.54) is 12.1 Å². The Morgan fingerprint density at radius 2 is 1.82 bits per heavy atom. The molecule has 2 amide bonds. The molecule has 2 N–H and O–H groups in total. The second-order valence-electron chi connectivity index (χ2n) is 9.84. The Balaban J connectivity index is 1.48. The Morgan fingerprint density at radius 3 is 2.53 bits per heavy atom. The summed E-state index contributed by atoms with van der Waals surface area (Å²) in [6, 6.07) is 9.18. The third-order valence-corrected chi connectivity index (χ3v) is 7.39. The van der Waals surface area contributed by atoms with Gasteiger partial charge < -0.3 is 20.3 Å². The van der Waals surface area contributed by atoms with E-state index in [2.05, 4.69) is 27.4 Å². The molecule has 2 aliphatic heterocycles. The number of nitro benzene ring substituents is 1. The van der Waals surface area contributed by atoms with Crippen molar-refractivity contribution in [2.45, 2.75) is 26.2 Å². The van der Waals surface area contributed by atoms with Gasteiger partial charge in [-0.3, -0.25) is 24.6 Å². The number of benzene rings is 2. The number of ether oxygens (including phenoxy) is 1. The first-order chi connectivity index (χ1) is 18.3. The third-order valence-electron chi connectivity index (χ3n) is 7.07. The minimum atomic E-state index is -0.630. The summed E-state index contributed by atoms with van der Waals surface area (Å²) in [5.74, 6) is -0.0780. The van der Waals surface area contributed by atoms with E-state index >= 15 is 0 Å². The summed E-state index contributed by atoms with van der Waals surface area (Å²) in [6.45, 7) is 8.68. The maximum atomic E-state index is 13.3. The number of carbonyl (C=O) groups is 2. The average Bonchev–Trinajstić information content (AvgIpc) is 2.92. The van der Waals surface area contributed by atoms with Crippen molar-refractivity contribution in [3.8, 4) is 0 Å². The van der Waals surface area contributed by atoms with Crippen molar-refractivity contribution in [3.05, 3.63) is 62.7 Å². The number of piperidine rings is 1. The second kappa shape index (κ2) is 13.0. The van der Waals surface area contributed by atoms with Gasteiger partial charge in [-0.05, 0) is 62.1 Å². The fourth-order valence-corrected chi connectivity index (χ4v) is 4.93. The number of nitrogens with zero attached hydrogens (tertiary/aromatic N) is 3. The molecule has 0 radical (unpaired) electrons. The molecule has 0 bridgehead atoms. The Kier molecular flexibility index (Phi) is 9.54. The van der Waals surface area contributed by atoms with Crippen LogP contribution in [0.2, 0.25) is 5.02 Å². The normalized spacial score (nSPS) is 16.7. The topological polar surface area (TPSA) is 117 Å². The van der Waals surface area contributed by atoms with Crippen LogP contribution in [0.4, 0.5) is 17.1 Å². The number of carbonyl (C=O) groups excluding carboxylic acids is 2. The molecule has 2 aliphatic rings. The molecule has 11 heteroatoms. The van der Waals surface area contributed by atoms with Gasteiger partial charge in [0.1, 0.15) is 5.02 Å². The molecule has 2 saturated heterocycles. The minimum absolute atomic E-state index is 0.0423. The molecule has 2 aromatic rings. The molecule has 0 spiro atoms. The lowest BCUT2D eigenvalue weighted by Gasteiger charge is -2.33. The molecule has 0 unspecified atom stereocenters. The van der Waals surface area contributed by atoms with Crippen molar-refractivity contribution >= 4 is 40.5 Å². The lowest BCUT2D eigenvalue weighted by atomic mass is 9.97. The number of hydrogen-bond donors (Lipinski definition) is 2. The Labute approximate surface area is 227 Å². The van der Waals surface area contributed by atoms with E-state index in [9.17, 15) is 19.7 Å². The monoisotopic (exact) mass is 543 g/mol. The molecule has 0 aromatic heterocycles. The first-order valence-electron chi connectivity index (χ1n) is 13.0. The van der Waals surface area contributed by atoms with E-state index in [1.807, 2.05) is 6.07 Å². The summed E-state index contributed by atoms with van der Waals surface area (Å²) < 4.78 is 5.39. The highest BCUT2D eigenvalue weighted by Gasteiger charge is 2.23. The zero-order valence-electron chi connectivity index (χ0n) is 21.6. The summed E-state index contributed by atoms with van der Waals surface area (Å²) in [6.07, 6.45) is 2.93. The van der Waals surface area contributed by atoms with Gasteiger partial charge in [-0.25, -0.2) is 0 Å². The van der Waals surface area contributed by atoms with Gasteiger partial charge in [-0.15, -0.1) is 0 Å². The first-order valence-corrected chi connectivity index (χ1v) is 13.4. The predicted molar refractivity (Wildman–Crippen MR) is 147 cm³/mol. The van der Waals surface area contributed by atoms with Gasteiger partial charge in [-0.2, -0.15) is 0 Å². The Hall–Kier alpha value is -3.21. The van der Waals surface area contributed by atoms with Crippen LogP contribution in [0.15, 0.2) is 36.4 Å². The van der Waals surface area contributed by atoms with Crippen LogP contribution in [0.3, 0.4) is 0 Å². The third kappa shape index (κ3) is 7.21. The van der Waals surface area contributed by atoms with Crippen LogP contribution in [-0.2, 0) is 4.74 Å². The smallest absolute Gasteiger partial charge is 0.288 e. The second-order valence-corrected chi connectivity index (χ2v) is 10.2. The fraction of sp³-hybridized carbons (Fsp3) is 0.481. The lowest BCUT2D eigenvalue weighted by molar-refractivity contribution is -0.384. The average molecular weight is 544 g/mol. The molecular weight excluding hydrogens is 510 g/mol. The van der Waals surface area contributed by atoms with Crippen LogP contribution < -0.4 is 15.5 Å². The van der Waals surface area contributed by atoms with Gasteiger partial charge in [0.2, 0.25) is 0 Å². The van der Waals surface area contributed by atoms with Crippen LogP contribution >= 0.6 is 11.6 Å². The van der Waals surface area contributed by atoms with Crippen molar-refractivity contribution in [3.63, 3.8) is 0 Å². The molecular formula is C27H34ClN5O5. The number of anilines is 2. The van der Waals surface area contributed by atoms with Gasteiger partial charge in [0.25, 0.3) is 17.5 Å². The van der Waals surface area contributed by atoms with Crippen molar-refractivity contribution in [2.75, 3.05) is 62.7 Å². The van der Waals surface area contributed by atoms with Crippen LogP contribution in [-0.4, -0.2) is 74.1 Å². The number of amides is 2. The van der Waals surface area contributed by atoms with E-state index in [-0.39, 0.29) is 22.2 Å². The summed E-state index contributed by atoms with van der Waals surface area (Å²) in [5.41, 5.74) is 1.52. The quantitative estimate of drug-likeness (QED) is 0.277. The summed E-state index contributed by atoms with van der Waals surface area (Å²) in [5, 5.41) is 17.0. The van der Waals surface area contributed by atoms with Crippen molar-refractivity contribution in [1.82, 2.24) is 10.2 Å². The van der Waals surface area contributed by atoms with Crippen LogP contribution in [0, 0.1) is 16.0 Å². The van der Waals surface area contributed by atoms with Crippen molar-refractivity contribution < 1.29 is 19.2 Å². The molecule has 204 valence electrons. The zero-order chi connectivity index (χ0) is 27.1. The zero-order valence-corrected chi connectivity index (χ0v) is 22.3. The van der Waals surface area contributed by atoms with E-state index in [4.69, 9.17) is 16.3 Å². The fourth-order valence-electron chi connectivity index (χ4n) is 4.74. The summed E-state index contributed by atoms with van der Waals surface area (Å²) >= 11 is 5.88. The standard InChI is InChI=1S/C27H34ClN5O5/c1-19-7-11-32(12-8-19)24-6-4-21(30-26(34)20-3-5-23(28)25(17-20)33(36)37)18-22(24)27(35)29-9-2-10-31-13-15-38-16-14-31/h3-6,17-19H,2,7-16H2,1H3,(H,29,35)(H,30,34). The van der Waals surface area contributed by atoms with Crippen LogP contribution in [0.5, 0.6) is 0 Å². The molecule has 0 aliphatic carbocycles. The number of halogens is 1. The maximum absolute atomic E-state index is 13.3. The number of nitro groups is 1. The first kappa shape index (κ1) is 27.8. The predicted octanol–water partition coefficient (Wildman–Crippen LogP) is 4.19. The van der Waals surface area contributed by atoms with Gasteiger partial charge in [0, 0.05) is 55.7 Å². The highest BCUT2D eigenvalue weighted by molar-refractivity contribution is 6.32. The van der Waals surface area contributed by atoms with Gasteiger partial charge in [-0.1, -0.05) is 18.5 Å². The van der Waals surface area contributed by atoms with E-state index in [0.717, 1.165) is 77.0 Å². The van der Waals surface area contributed by atoms with Crippen LogP contribution in [0.25, 0.3) is 0 Å². The minimum Gasteiger partial charge on any atom is -0.379 e. The number of hydrogen-bond acceptors (Lipinski definition) is 7. The highest BCUT2D eigenvalue weighted by Crippen LogP contribution is 2.30. The van der Waals surface area contributed by atoms with Gasteiger partial charge >= 0.3 is 0 Å². The Morgan fingerprint density at radius 1 is 1.08 bits per heavy atom. The largest absolute Gasteiger partial charge is 0.379 e. The lowest BCUT2D eigenvalue weighted by Crippen LogP contribution is -2.38. The number of morpholine rings is 1. The van der Waals surface area contributed by atoms with Crippen molar-refractivity contribution in [1.29, 1.82) is 0 Å². The molecule has 38 heavy (non-hydrogen) atoms. The number of nitrogens with one attached hydrogen (secondary N) is 2. The molecule has 2 heterocycles. The van der Waals surface area contributed by atoms with E-state index in [0.29, 0.717) is 23.7 Å². The molecule has 10 nitrogen and oxygen atoms in total. The van der Waals surface area contributed by atoms with Crippen LogP contribution in [0.1, 0.15) is 46.9 Å². The molecule has 4 rings (SSSR count). The Bertz CT molecular complexity index is 1160. The highest BCUT2D eigenvalue weighted by atomic mass is 35.5. The summed E-state index contributed by atoms with van der Waals surface area (Å²) in [7, 11) is 0. The molecule has 2 aromatic carbocycles. The van der Waals surface area contributed by atoms with E-state index < -0.39 is 10.8 Å². The SMILES string of the molecule is CC1CCN(c2ccc(NC(=O)c3ccc(Cl)c([N+](=O)[O-])c3)cc2C(=O)NCCCN2CCOCC2)CC1. The van der Waals surface area contributed by atoms with Gasteiger partial charge in [0.15, 0.2) is 0 Å². The number of rotatable bonds is 9. The molecule has 0 atom stereocenters. The molecule has 0 saturated carbocycles. The van der Waals surface area contributed by atoms with Crippen molar-refractivity contribution in [2.24, 2.45) is 5.92 Å². The molecule has 2 fully saturated rings. The van der Waals surface area contributed by atoms with E-state index in [1.54, 1.807) is 12.1 Å².